The topological polar surface area (TPSA) is 74.8 Å². The van der Waals surface area contributed by atoms with Crippen LogP contribution in [0.3, 0.4) is 0 Å². The van der Waals surface area contributed by atoms with Crippen LogP contribution in [0, 0.1) is 13.8 Å². The molecule has 0 amide bonds. The summed E-state index contributed by atoms with van der Waals surface area (Å²) in [5.41, 5.74) is 3.99. The third-order valence-electron chi connectivity index (χ3n) is 6.26. The van der Waals surface area contributed by atoms with Crippen LogP contribution in [0.5, 0.6) is 11.8 Å². The number of pyridine rings is 1. The van der Waals surface area contributed by atoms with Crippen LogP contribution in [0.25, 0.3) is 33.3 Å². The molecular weight excluding hydrogens is 482 g/mol. The van der Waals surface area contributed by atoms with Gasteiger partial charge >= 0.3 is 6.01 Å². The van der Waals surface area contributed by atoms with Crippen LogP contribution in [-0.4, -0.2) is 30.6 Å². The minimum absolute atomic E-state index is 0.185. The third kappa shape index (κ3) is 3.86. The molecule has 0 radical (unpaired) electrons. The predicted octanol–water partition coefficient (Wildman–Crippen LogP) is 6.25. The number of ether oxygens (including phenoxy) is 1. The molecule has 37 heavy (non-hydrogen) atoms. The maximum Gasteiger partial charge on any atom is 0.310 e. The fraction of sp³-hybridized carbons (Fsp3) is 0.103. The Kier molecular flexibility index (Phi) is 5.73. The normalized spacial score (nSPS) is 11.3. The quantitative estimate of drug-likeness (QED) is 0.258. The van der Waals surface area contributed by atoms with Crippen molar-refractivity contribution in [1.29, 1.82) is 0 Å². The molecule has 0 saturated carbocycles. The van der Waals surface area contributed by atoms with Crippen molar-refractivity contribution in [3.05, 3.63) is 107 Å². The molecule has 3 aromatic heterocycles. The molecule has 3 aromatic carbocycles. The van der Waals surface area contributed by atoms with Gasteiger partial charge in [-0.2, -0.15) is 10.1 Å². The molecule has 0 atom stereocenters. The molecule has 0 aliphatic carbocycles. The Hall–Kier alpha value is -4.43. The molecule has 0 saturated heterocycles. The van der Waals surface area contributed by atoms with Gasteiger partial charge < -0.3 is 4.74 Å². The van der Waals surface area contributed by atoms with Gasteiger partial charge in [0, 0.05) is 0 Å². The van der Waals surface area contributed by atoms with E-state index < -0.39 is 0 Å². The van der Waals surface area contributed by atoms with Crippen LogP contribution in [0.2, 0.25) is 0 Å². The average molecular weight is 506 g/mol. The van der Waals surface area contributed by atoms with Crippen LogP contribution in [0.4, 0.5) is 0 Å². The number of fused-ring (bicyclic) bond motifs is 3. The first-order valence-corrected chi connectivity index (χ1v) is 13.0. The van der Waals surface area contributed by atoms with Crippen molar-refractivity contribution in [3.63, 3.8) is 0 Å². The van der Waals surface area contributed by atoms with Crippen LogP contribution in [-0.2, 0) is 0 Å². The van der Waals surface area contributed by atoms with Crippen LogP contribution < -0.4 is 10.3 Å². The number of hydrogen-bond donors (Lipinski definition) is 0. The number of aromatic nitrogens is 5. The highest BCUT2D eigenvalue weighted by Gasteiger charge is 2.24. The average Bonchev–Trinajstić information content (AvgIpc) is 3.29. The molecule has 7 nitrogen and oxygen atoms in total. The van der Waals surface area contributed by atoms with Gasteiger partial charge in [-0.15, -0.1) is 11.8 Å². The summed E-state index contributed by atoms with van der Waals surface area (Å²) in [5.74, 6) is 0.630. The Labute approximate surface area is 217 Å². The zero-order valence-electron chi connectivity index (χ0n) is 20.5. The van der Waals surface area contributed by atoms with E-state index in [0.29, 0.717) is 33.7 Å². The molecule has 0 spiro atoms. The van der Waals surface area contributed by atoms with Crippen molar-refractivity contribution in [2.24, 2.45) is 0 Å². The van der Waals surface area contributed by atoms with E-state index in [1.54, 1.807) is 4.68 Å². The Morgan fingerprint density at radius 2 is 1.43 bits per heavy atom. The highest BCUT2D eigenvalue weighted by Crippen LogP contribution is 2.34. The van der Waals surface area contributed by atoms with Crippen molar-refractivity contribution in [3.8, 4) is 23.1 Å². The maximum absolute atomic E-state index is 14.1. The molecule has 0 bridgehead atoms. The number of benzene rings is 3. The second-order valence-electron chi connectivity index (χ2n) is 8.61. The van der Waals surface area contributed by atoms with E-state index in [9.17, 15) is 4.79 Å². The van der Waals surface area contributed by atoms with Crippen molar-refractivity contribution >= 4 is 33.7 Å². The maximum atomic E-state index is 14.1. The van der Waals surface area contributed by atoms with Crippen LogP contribution >= 0.6 is 11.8 Å². The minimum Gasteiger partial charge on any atom is -0.425 e. The van der Waals surface area contributed by atoms with Gasteiger partial charge in [-0.25, -0.2) is 14.2 Å². The summed E-state index contributed by atoms with van der Waals surface area (Å²) in [6.45, 7) is 3.80. The van der Waals surface area contributed by atoms with Crippen LogP contribution in [0.15, 0.2) is 94.7 Å². The zero-order chi connectivity index (χ0) is 25.5. The first-order chi connectivity index (χ1) is 18.1. The summed E-state index contributed by atoms with van der Waals surface area (Å²) in [5, 5.41) is 6.74. The molecule has 0 aliphatic heterocycles. The lowest BCUT2D eigenvalue weighted by molar-refractivity contribution is 0.424. The number of para-hydroxylation sites is 3. The van der Waals surface area contributed by atoms with E-state index in [2.05, 4.69) is 0 Å². The Balaban J connectivity index is 1.73. The lowest BCUT2D eigenvalue weighted by Gasteiger charge is -2.16. The molecule has 6 aromatic rings. The largest absolute Gasteiger partial charge is 0.425 e. The molecule has 182 valence electrons. The van der Waals surface area contributed by atoms with E-state index in [0.717, 1.165) is 21.7 Å². The Bertz CT molecular complexity index is 1830. The van der Waals surface area contributed by atoms with Gasteiger partial charge in [0.15, 0.2) is 5.65 Å². The summed E-state index contributed by atoms with van der Waals surface area (Å²) in [6, 6.07) is 27.1. The monoisotopic (exact) mass is 505 g/mol. The highest BCUT2D eigenvalue weighted by atomic mass is 32.2. The molecule has 0 aliphatic rings. The van der Waals surface area contributed by atoms with Gasteiger partial charge in [-0.3, -0.25) is 4.79 Å². The zero-order valence-corrected chi connectivity index (χ0v) is 21.4. The second-order valence-corrected chi connectivity index (χ2v) is 9.41. The van der Waals surface area contributed by atoms with Crippen LogP contribution in [0.1, 0.15) is 11.3 Å². The molecule has 0 fully saturated rings. The van der Waals surface area contributed by atoms with Gasteiger partial charge in [-0.05, 0) is 56.0 Å². The summed E-state index contributed by atoms with van der Waals surface area (Å²) in [4.78, 5) is 24.0. The molecular formula is C29H23N5O2S. The Morgan fingerprint density at radius 1 is 0.784 bits per heavy atom. The fourth-order valence-electron chi connectivity index (χ4n) is 4.46. The molecule has 3 heterocycles. The van der Waals surface area contributed by atoms with E-state index in [1.165, 1.54) is 16.3 Å². The highest BCUT2D eigenvalue weighted by molar-refractivity contribution is 7.98. The third-order valence-corrected chi connectivity index (χ3v) is 6.93. The van der Waals surface area contributed by atoms with E-state index in [1.807, 2.05) is 105 Å². The van der Waals surface area contributed by atoms with Crippen molar-refractivity contribution in [2.75, 3.05) is 6.26 Å². The SMILES string of the molecule is CSc1nn(-c2ccccc2)c2nc(C)c3c(=O)n(-c4ccccc4)c(Oc4ccccc4C)nc3c12. The summed E-state index contributed by atoms with van der Waals surface area (Å²) in [6.07, 6.45) is 1.96. The van der Waals surface area contributed by atoms with Crippen molar-refractivity contribution in [1.82, 2.24) is 24.3 Å². The fourth-order valence-corrected chi connectivity index (χ4v) is 5.01. The number of thioether (sulfide) groups is 1. The van der Waals surface area contributed by atoms with Gasteiger partial charge in [0.1, 0.15) is 10.8 Å². The number of hydrogen-bond acceptors (Lipinski definition) is 6. The standard InChI is InChI=1S/C29H23N5O2S/c1-18-12-10-11-17-22(18)36-29-31-25-23(28(35)33(29)20-13-6-4-7-14-20)19(2)30-26-24(25)27(37-3)32-34(26)21-15-8-5-9-16-21/h4-17H,1-3H3. The number of nitrogens with zero attached hydrogens (tertiary/aromatic N) is 5. The van der Waals surface area contributed by atoms with E-state index in [-0.39, 0.29) is 11.6 Å². The van der Waals surface area contributed by atoms with Gasteiger partial charge in [0.05, 0.1) is 33.4 Å². The lowest BCUT2D eigenvalue weighted by Crippen LogP contribution is -2.22. The van der Waals surface area contributed by atoms with Gasteiger partial charge in [0.2, 0.25) is 0 Å². The molecule has 0 unspecified atom stereocenters. The predicted molar refractivity (Wildman–Crippen MR) is 148 cm³/mol. The summed E-state index contributed by atoms with van der Waals surface area (Å²) >= 11 is 1.49. The van der Waals surface area contributed by atoms with E-state index >= 15 is 0 Å². The first-order valence-electron chi connectivity index (χ1n) is 11.8. The minimum atomic E-state index is -0.244. The lowest BCUT2D eigenvalue weighted by atomic mass is 10.2. The summed E-state index contributed by atoms with van der Waals surface area (Å²) in [7, 11) is 0. The summed E-state index contributed by atoms with van der Waals surface area (Å²) < 4.78 is 9.65. The molecule has 8 heteroatoms. The first kappa shape index (κ1) is 23.0. The smallest absolute Gasteiger partial charge is 0.310 e. The van der Waals surface area contributed by atoms with Gasteiger partial charge in [-0.1, -0.05) is 54.6 Å². The van der Waals surface area contributed by atoms with E-state index in [4.69, 9.17) is 19.8 Å². The Morgan fingerprint density at radius 3 is 2.11 bits per heavy atom. The molecule has 0 N–H and O–H groups in total. The van der Waals surface area contributed by atoms with Gasteiger partial charge in [0.25, 0.3) is 5.56 Å². The van der Waals surface area contributed by atoms with Crippen molar-refractivity contribution < 1.29 is 4.74 Å². The molecule has 6 rings (SSSR count). The second kappa shape index (κ2) is 9.22. The number of aryl methyl sites for hydroxylation is 2. The number of rotatable bonds is 5. The van der Waals surface area contributed by atoms with Crippen molar-refractivity contribution in [2.45, 2.75) is 18.9 Å².